The molecule has 0 radical (unpaired) electrons. The van der Waals surface area contributed by atoms with Gasteiger partial charge in [0.25, 0.3) is 0 Å². The van der Waals surface area contributed by atoms with Gasteiger partial charge in [-0.1, -0.05) is 42.5 Å². The number of hydrogen-bond acceptors (Lipinski definition) is 4. The first kappa shape index (κ1) is 17.9. The van der Waals surface area contributed by atoms with Crippen LogP contribution in [-0.2, 0) is 14.3 Å². The molecule has 1 N–H and O–H groups in total. The number of aliphatic hydroxyl groups excluding tert-OH is 1. The number of benzene rings is 1. The molecule has 1 atom stereocenters. The summed E-state index contributed by atoms with van der Waals surface area (Å²) >= 11 is 0. The van der Waals surface area contributed by atoms with Crippen molar-refractivity contribution in [3.05, 3.63) is 54.1 Å². The predicted octanol–water partition coefficient (Wildman–Crippen LogP) is 2.92. The Kier molecular flexibility index (Phi) is 6.73. The molecule has 0 aliphatic heterocycles. The number of carbonyl (C=O) groups excluding carboxylic acids is 2. The minimum Gasteiger partial charge on any atom is -0.457 e. The number of aliphatic hydroxyl groups is 1. The van der Waals surface area contributed by atoms with Gasteiger partial charge in [0, 0.05) is 6.08 Å². The summed E-state index contributed by atoms with van der Waals surface area (Å²) < 4.78 is 5.08. The lowest BCUT2D eigenvalue weighted by atomic mass is 10.1. The zero-order valence-electron chi connectivity index (χ0n) is 13.2. The summed E-state index contributed by atoms with van der Waals surface area (Å²) in [5.41, 5.74) is 0.321. The lowest BCUT2D eigenvalue weighted by Gasteiger charge is -2.17. The average molecular weight is 302 g/mol. The van der Waals surface area contributed by atoms with E-state index in [1.54, 1.807) is 26.8 Å². The molecule has 22 heavy (non-hydrogen) atoms. The summed E-state index contributed by atoms with van der Waals surface area (Å²) in [7, 11) is 0. The van der Waals surface area contributed by atoms with E-state index in [2.05, 4.69) is 0 Å². The largest absolute Gasteiger partial charge is 0.457 e. The van der Waals surface area contributed by atoms with Crippen LogP contribution in [-0.4, -0.2) is 28.6 Å². The Balaban J connectivity index is 2.45. The van der Waals surface area contributed by atoms with Gasteiger partial charge < -0.3 is 9.84 Å². The molecule has 0 bridgehead atoms. The minimum atomic E-state index is -1.17. The van der Waals surface area contributed by atoms with Crippen LogP contribution in [0.25, 0.3) is 6.08 Å². The monoisotopic (exact) mass is 302 g/mol. The van der Waals surface area contributed by atoms with Crippen molar-refractivity contribution in [1.29, 1.82) is 0 Å². The third-order valence-electron chi connectivity index (χ3n) is 2.59. The highest BCUT2D eigenvalue weighted by Crippen LogP contribution is 2.08. The Hall–Kier alpha value is -2.20. The lowest BCUT2D eigenvalue weighted by molar-refractivity contribution is -0.148. The fourth-order valence-corrected chi connectivity index (χ4v) is 1.60. The van der Waals surface area contributed by atoms with Crippen LogP contribution in [0.4, 0.5) is 0 Å². The Labute approximate surface area is 131 Å². The van der Waals surface area contributed by atoms with E-state index in [9.17, 15) is 14.7 Å². The molecule has 0 unspecified atom stereocenters. The van der Waals surface area contributed by atoms with Crippen LogP contribution in [0, 0.1) is 0 Å². The van der Waals surface area contributed by atoms with Crippen molar-refractivity contribution in [2.24, 2.45) is 0 Å². The van der Waals surface area contributed by atoms with Gasteiger partial charge in [0.2, 0.25) is 0 Å². The van der Waals surface area contributed by atoms with Crippen molar-refractivity contribution >= 4 is 17.8 Å². The molecule has 0 spiro atoms. The molecular weight excluding hydrogens is 280 g/mol. The van der Waals surface area contributed by atoms with Crippen LogP contribution in [0.15, 0.2) is 48.6 Å². The standard InChI is InChI=1S/C18H22O4/c1-18(2,3)22-17(21)11-7-10-15(19)16(20)13-12-14-8-5-4-6-9-14/h4-9,11-13,15,19H,10H2,1-3H3/b11-7+,13-12+/t15-/m0/s1. The van der Waals surface area contributed by atoms with E-state index >= 15 is 0 Å². The molecule has 118 valence electrons. The molecule has 0 amide bonds. The first-order valence-electron chi connectivity index (χ1n) is 7.12. The van der Waals surface area contributed by atoms with E-state index in [1.807, 2.05) is 30.3 Å². The van der Waals surface area contributed by atoms with E-state index < -0.39 is 23.5 Å². The number of rotatable bonds is 6. The Morgan fingerprint density at radius 2 is 1.82 bits per heavy atom. The summed E-state index contributed by atoms with van der Waals surface area (Å²) in [4.78, 5) is 23.2. The summed E-state index contributed by atoms with van der Waals surface area (Å²) in [6, 6.07) is 9.33. The topological polar surface area (TPSA) is 63.6 Å². The SMILES string of the molecule is CC(C)(C)OC(=O)/C=C/C[C@H](O)C(=O)/C=C/c1ccccc1. The third-order valence-corrected chi connectivity index (χ3v) is 2.59. The van der Waals surface area contributed by atoms with Crippen molar-refractivity contribution in [2.75, 3.05) is 0 Å². The van der Waals surface area contributed by atoms with Gasteiger partial charge in [-0.05, 0) is 38.8 Å². The van der Waals surface area contributed by atoms with E-state index in [4.69, 9.17) is 4.74 Å². The number of esters is 1. The second-order valence-corrected chi connectivity index (χ2v) is 5.83. The van der Waals surface area contributed by atoms with Crippen molar-refractivity contribution in [3.8, 4) is 0 Å². The molecule has 0 aliphatic carbocycles. The summed E-state index contributed by atoms with van der Waals surface area (Å²) in [5.74, 6) is -0.898. The Bertz CT molecular complexity index is 550. The minimum absolute atomic E-state index is 0.0667. The quantitative estimate of drug-likeness (QED) is 0.648. The number of ether oxygens (including phenoxy) is 1. The van der Waals surface area contributed by atoms with Crippen molar-refractivity contribution in [3.63, 3.8) is 0 Å². The number of ketones is 1. The van der Waals surface area contributed by atoms with Gasteiger partial charge in [0.15, 0.2) is 5.78 Å². The van der Waals surface area contributed by atoms with Crippen molar-refractivity contribution < 1.29 is 19.4 Å². The van der Waals surface area contributed by atoms with Gasteiger partial charge in [-0.25, -0.2) is 4.79 Å². The van der Waals surface area contributed by atoms with Crippen LogP contribution in [0.5, 0.6) is 0 Å². The maximum absolute atomic E-state index is 11.7. The number of carbonyl (C=O) groups is 2. The van der Waals surface area contributed by atoms with Crippen LogP contribution < -0.4 is 0 Å². The fourth-order valence-electron chi connectivity index (χ4n) is 1.60. The molecule has 0 saturated carbocycles. The first-order chi connectivity index (χ1) is 10.3. The molecule has 1 rings (SSSR count). The molecule has 0 heterocycles. The molecule has 0 saturated heterocycles. The average Bonchev–Trinajstić information content (AvgIpc) is 2.43. The fraction of sp³-hybridized carbons (Fsp3) is 0.333. The molecule has 1 aromatic rings. The lowest BCUT2D eigenvalue weighted by Crippen LogP contribution is -2.22. The van der Waals surface area contributed by atoms with Crippen molar-refractivity contribution in [1.82, 2.24) is 0 Å². The highest BCUT2D eigenvalue weighted by molar-refractivity contribution is 5.96. The molecule has 4 nitrogen and oxygen atoms in total. The van der Waals surface area contributed by atoms with Crippen molar-refractivity contribution in [2.45, 2.75) is 38.9 Å². The van der Waals surface area contributed by atoms with Gasteiger partial charge in [0.05, 0.1) is 0 Å². The molecule has 1 aromatic carbocycles. The first-order valence-corrected chi connectivity index (χ1v) is 7.12. The summed E-state index contributed by atoms with van der Waals surface area (Å²) in [5, 5.41) is 9.74. The van der Waals surface area contributed by atoms with E-state index in [0.29, 0.717) is 0 Å². The van der Waals surface area contributed by atoms with Crippen LogP contribution in [0.2, 0.25) is 0 Å². The second-order valence-electron chi connectivity index (χ2n) is 5.83. The van der Waals surface area contributed by atoms with Crippen LogP contribution in [0.1, 0.15) is 32.8 Å². The van der Waals surface area contributed by atoms with E-state index in [1.165, 1.54) is 18.2 Å². The van der Waals surface area contributed by atoms with E-state index in [-0.39, 0.29) is 6.42 Å². The summed E-state index contributed by atoms with van der Waals surface area (Å²) in [6.45, 7) is 5.31. The predicted molar refractivity (Wildman–Crippen MR) is 86.1 cm³/mol. The Morgan fingerprint density at radius 3 is 2.41 bits per heavy atom. The number of hydrogen-bond donors (Lipinski definition) is 1. The highest BCUT2D eigenvalue weighted by atomic mass is 16.6. The second kappa shape index (κ2) is 8.29. The van der Waals surface area contributed by atoms with Gasteiger partial charge >= 0.3 is 5.97 Å². The highest BCUT2D eigenvalue weighted by Gasteiger charge is 2.14. The maximum Gasteiger partial charge on any atom is 0.330 e. The zero-order valence-corrected chi connectivity index (χ0v) is 13.2. The summed E-state index contributed by atoms with van der Waals surface area (Å²) in [6.07, 6.45) is 4.54. The smallest absolute Gasteiger partial charge is 0.330 e. The molecular formula is C18H22O4. The maximum atomic E-state index is 11.7. The zero-order chi connectivity index (χ0) is 16.6. The van der Waals surface area contributed by atoms with Crippen LogP contribution in [0.3, 0.4) is 0 Å². The van der Waals surface area contributed by atoms with Crippen LogP contribution >= 0.6 is 0 Å². The Morgan fingerprint density at radius 1 is 1.18 bits per heavy atom. The van der Waals surface area contributed by atoms with Gasteiger partial charge in [0.1, 0.15) is 11.7 Å². The van der Waals surface area contributed by atoms with E-state index in [0.717, 1.165) is 5.56 Å². The molecule has 0 aliphatic rings. The molecule has 0 fully saturated rings. The normalized spacial score (nSPS) is 13.5. The molecule has 0 aromatic heterocycles. The third kappa shape index (κ3) is 7.55. The molecule has 4 heteroatoms. The van der Waals surface area contributed by atoms with Gasteiger partial charge in [-0.2, -0.15) is 0 Å². The van der Waals surface area contributed by atoms with Gasteiger partial charge in [-0.15, -0.1) is 0 Å². The van der Waals surface area contributed by atoms with Gasteiger partial charge in [-0.3, -0.25) is 4.79 Å².